The van der Waals surface area contributed by atoms with Crippen LogP contribution in [0.2, 0.25) is 0 Å². The highest BCUT2D eigenvalue weighted by Crippen LogP contribution is 2.20. The van der Waals surface area contributed by atoms with Crippen molar-refractivity contribution in [2.24, 2.45) is 5.92 Å². The van der Waals surface area contributed by atoms with E-state index < -0.39 is 0 Å². The van der Waals surface area contributed by atoms with Crippen molar-refractivity contribution in [3.05, 3.63) is 17.0 Å². The molecule has 1 aliphatic rings. The van der Waals surface area contributed by atoms with Crippen molar-refractivity contribution in [2.45, 2.75) is 44.7 Å². The molecule has 0 radical (unpaired) electrons. The zero-order valence-electron chi connectivity index (χ0n) is 14.9. The fourth-order valence-corrected chi connectivity index (χ4v) is 3.60. The van der Waals surface area contributed by atoms with Crippen molar-refractivity contribution in [3.8, 4) is 0 Å². The lowest BCUT2D eigenvalue weighted by atomic mass is 9.95. The standard InChI is InChI=1S/C17H26N4O2S/c1-11-14(12(2)20-17(19-11)24-4)5-6-15(22)21-9-7-13(8-10-21)16(23)18-3/h13H,5-10H2,1-4H3,(H,18,23). The summed E-state index contributed by atoms with van der Waals surface area (Å²) < 4.78 is 0. The molecule has 2 heterocycles. The largest absolute Gasteiger partial charge is 0.359 e. The monoisotopic (exact) mass is 350 g/mol. The molecule has 2 amide bonds. The summed E-state index contributed by atoms with van der Waals surface area (Å²) in [5.74, 6) is 0.272. The van der Waals surface area contributed by atoms with Gasteiger partial charge in [-0.2, -0.15) is 0 Å². The Morgan fingerprint density at radius 3 is 2.29 bits per heavy atom. The van der Waals surface area contributed by atoms with Crippen molar-refractivity contribution in [2.75, 3.05) is 26.4 Å². The van der Waals surface area contributed by atoms with Crippen LogP contribution in [-0.4, -0.2) is 53.1 Å². The van der Waals surface area contributed by atoms with Crippen molar-refractivity contribution < 1.29 is 9.59 Å². The van der Waals surface area contributed by atoms with Crippen LogP contribution in [0.4, 0.5) is 0 Å². The van der Waals surface area contributed by atoms with Crippen LogP contribution in [0, 0.1) is 19.8 Å². The number of thioether (sulfide) groups is 1. The van der Waals surface area contributed by atoms with E-state index in [1.165, 1.54) is 11.8 Å². The second-order valence-corrected chi connectivity index (χ2v) is 6.90. The van der Waals surface area contributed by atoms with Gasteiger partial charge in [0.2, 0.25) is 11.8 Å². The maximum atomic E-state index is 12.4. The molecule has 2 rings (SSSR count). The third-order valence-corrected chi connectivity index (χ3v) is 5.18. The van der Waals surface area contributed by atoms with Crippen LogP contribution in [0.3, 0.4) is 0 Å². The van der Waals surface area contributed by atoms with Gasteiger partial charge in [-0.25, -0.2) is 9.97 Å². The van der Waals surface area contributed by atoms with Gasteiger partial charge >= 0.3 is 0 Å². The minimum atomic E-state index is 0.0380. The summed E-state index contributed by atoms with van der Waals surface area (Å²) in [6.45, 7) is 5.28. The van der Waals surface area contributed by atoms with E-state index >= 15 is 0 Å². The van der Waals surface area contributed by atoms with Crippen LogP contribution < -0.4 is 5.32 Å². The zero-order chi connectivity index (χ0) is 17.7. The number of amides is 2. The van der Waals surface area contributed by atoms with E-state index in [0.29, 0.717) is 25.9 Å². The topological polar surface area (TPSA) is 75.2 Å². The first-order valence-corrected chi connectivity index (χ1v) is 9.56. The van der Waals surface area contributed by atoms with Crippen LogP contribution in [0.1, 0.15) is 36.2 Å². The van der Waals surface area contributed by atoms with Crippen LogP contribution in [0.25, 0.3) is 0 Å². The lowest BCUT2D eigenvalue weighted by molar-refractivity contribution is -0.135. The second-order valence-electron chi connectivity index (χ2n) is 6.13. The molecule has 1 aromatic rings. The fourth-order valence-electron chi connectivity index (χ4n) is 3.15. The molecular formula is C17H26N4O2S. The summed E-state index contributed by atoms with van der Waals surface area (Å²) >= 11 is 1.53. The van der Waals surface area contributed by atoms with E-state index in [9.17, 15) is 9.59 Å². The van der Waals surface area contributed by atoms with Crippen molar-refractivity contribution in [1.29, 1.82) is 0 Å². The van der Waals surface area contributed by atoms with Gasteiger partial charge in [0.15, 0.2) is 5.16 Å². The molecule has 0 saturated carbocycles. The van der Waals surface area contributed by atoms with Crippen molar-refractivity contribution in [1.82, 2.24) is 20.2 Å². The van der Waals surface area contributed by atoms with E-state index in [1.54, 1.807) is 7.05 Å². The number of carbonyl (C=O) groups excluding carboxylic acids is 2. The van der Waals surface area contributed by atoms with Gasteiger partial charge in [0.25, 0.3) is 0 Å². The first kappa shape index (κ1) is 18.7. The zero-order valence-corrected chi connectivity index (χ0v) is 15.7. The van der Waals surface area contributed by atoms with Crippen molar-refractivity contribution in [3.63, 3.8) is 0 Å². The SMILES string of the molecule is CNC(=O)C1CCN(C(=O)CCc2c(C)nc(SC)nc2C)CC1. The molecule has 1 aromatic heterocycles. The Morgan fingerprint density at radius 2 is 1.79 bits per heavy atom. The number of nitrogens with zero attached hydrogens (tertiary/aromatic N) is 3. The Hall–Kier alpha value is -1.63. The number of rotatable bonds is 5. The normalized spacial score (nSPS) is 15.4. The lowest BCUT2D eigenvalue weighted by Gasteiger charge is -2.31. The number of likely N-dealkylation sites (tertiary alicyclic amines) is 1. The summed E-state index contributed by atoms with van der Waals surface area (Å²) in [5.41, 5.74) is 2.98. The van der Waals surface area contributed by atoms with Gasteiger partial charge in [0.1, 0.15) is 0 Å². The Balaban J connectivity index is 1.89. The van der Waals surface area contributed by atoms with Gasteiger partial charge < -0.3 is 10.2 Å². The number of hydrogen-bond donors (Lipinski definition) is 1. The highest BCUT2D eigenvalue weighted by Gasteiger charge is 2.26. The molecule has 0 atom stereocenters. The number of hydrogen-bond acceptors (Lipinski definition) is 5. The minimum absolute atomic E-state index is 0.0380. The first-order chi connectivity index (χ1) is 11.5. The molecule has 7 heteroatoms. The molecule has 1 aliphatic heterocycles. The molecule has 0 bridgehead atoms. The highest BCUT2D eigenvalue weighted by molar-refractivity contribution is 7.98. The highest BCUT2D eigenvalue weighted by atomic mass is 32.2. The number of piperidine rings is 1. The van der Waals surface area contributed by atoms with E-state index in [4.69, 9.17) is 0 Å². The van der Waals surface area contributed by atoms with Gasteiger partial charge in [-0.3, -0.25) is 9.59 Å². The smallest absolute Gasteiger partial charge is 0.222 e. The number of nitrogens with one attached hydrogen (secondary N) is 1. The molecule has 0 aliphatic carbocycles. The number of aryl methyl sites for hydroxylation is 2. The summed E-state index contributed by atoms with van der Waals surface area (Å²) in [4.78, 5) is 34.9. The van der Waals surface area contributed by atoms with E-state index in [1.807, 2.05) is 25.0 Å². The molecule has 0 spiro atoms. The summed E-state index contributed by atoms with van der Waals surface area (Å²) in [6.07, 6.45) is 4.58. The van der Waals surface area contributed by atoms with E-state index in [2.05, 4.69) is 15.3 Å². The van der Waals surface area contributed by atoms with Crippen LogP contribution in [0.15, 0.2) is 5.16 Å². The number of carbonyl (C=O) groups is 2. The number of aromatic nitrogens is 2. The summed E-state index contributed by atoms with van der Waals surface area (Å²) in [5, 5.41) is 3.46. The Labute approximate surface area is 147 Å². The van der Waals surface area contributed by atoms with Gasteiger partial charge in [0, 0.05) is 43.9 Å². The van der Waals surface area contributed by atoms with Crippen LogP contribution >= 0.6 is 11.8 Å². The fraction of sp³-hybridized carbons (Fsp3) is 0.647. The molecule has 1 N–H and O–H groups in total. The quantitative estimate of drug-likeness (QED) is 0.647. The average molecular weight is 350 g/mol. The van der Waals surface area contributed by atoms with E-state index in [-0.39, 0.29) is 17.7 Å². The molecule has 6 nitrogen and oxygen atoms in total. The first-order valence-electron chi connectivity index (χ1n) is 8.33. The van der Waals surface area contributed by atoms with Gasteiger partial charge in [-0.15, -0.1) is 0 Å². The molecule has 0 unspecified atom stereocenters. The Bertz CT molecular complexity index is 590. The Morgan fingerprint density at radius 1 is 1.21 bits per heavy atom. The lowest BCUT2D eigenvalue weighted by Crippen LogP contribution is -2.42. The van der Waals surface area contributed by atoms with Gasteiger partial charge in [0.05, 0.1) is 0 Å². The van der Waals surface area contributed by atoms with Crippen molar-refractivity contribution >= 4 is 23.6 Å². The summed E-state index contributed by atoms with van der Waals surface area (Å²) in [6, 6.07) is 0. The van der Waals surface area contributed by atoms with Crippen LogP contribution in [0.5, 0.6) is 0 Å². The minimum Gasteiger partial charge on any atom is -0.359 e. The predicted octanol–water partition coefficient (Wildman–Crippen LogP) is 1.73. The third kappa shape index (κ3) is 4.47. The molecule has 0 aromatic carbocycles. The van der Waals surface area contributed by atoms with Crippen LogP contribution in [-0.2, 0) is 16.0 Å². The Kier molecular flexibility index (Phi) is 6.60. The maximum absolute atomic E-state index is 12.4. The second kappa shape index (κ2) is 8.46. The predicted molar refractivity (Wildman–Crippen MR) is 95.0 cm³/mol. The van der Waals surface area contributed by atoms with Gasteiger partial charge in [-0.1, -0.05) is 11.8 Å². The van der Waals surface area contributed by atoms with Gasteiger partial charge in [-0.05, 0) is 44.9 Å². The molecule has 1 fully saturated rings. The van der Waals surface area contributed by atoms with E-state index in [0.717, 1.165) is 34.9 Å². The molecular weight excluding hydrogens is 324 g/mol. The maximum Gasteiger partial charge on any atom is 0.222 e. The average Bonchev–Trinajstić information content (AvgIpc) is 2.60. The molecule has 24 heavy (non-hydrogen) atoms. The molecule has 1 saturated heterocycles. The third-order valence-electron chi connectivity index (χ3n) is 4.64. The molecule has 132 valence electrons. The summed E-state index contributed by atoms with van der Waals surface area (Å²) in [7, 11) is 1.66.